The van der Waals surface area contributed by atoms with E-state index in [1.54, 1.807) is 0 Å². The van der Waals surface area contributed by atoms with Crippen LogP contribution >= 0.6 is 15.9 Å². The van der Waals surface area contributed by atoms with E-state index >= 15 is 0 Å². The number of hydrogen-bond donors (Lipinski definition) is 2. The first-order valence-corrected chi connectivity index (χ1v) is 7.95. The van der Waals surface area contributed by atoms with Crippen molar-refractivity contribution in [3.63, 3.8) is 0 Å². The zero-order valence-electron chi connectivity index (χ0n) is 12.5. The van der Waals surface area contributed by atoms with Crippen LogP contribution in [0.5, 0.6) is 5.75 Å². The van der Waals surface area contributed by atoms with E-state index in [1.165, 1.54) is 0 Å². The highest BCUT2D eigenvalue weighted by molar-refractivity contribution is 9.10. The Bertz CT molecular complexity index is 855. The molecule has 0 saturated carbocycles. The van der Waals surface area contributed by atoms with Crippen molar-refractivity contribution in [1.82, 2.24) is 9.38 Å². The lowest BCUT2D eigenvalue weighted by atomic mass is 9.99. The summed E-state index contributed by atoms with van der Waals surface area (Å²) >= 11 is 3.40. The van der Waals surface area contributed by atoms with Crippen LogP contribution in [0, 0.1) is 6.92 Å². The predicted octanol–water partition coefficient (Wildman–Crippen LogP) is 3.83. The van der Waals surface area contributed by atoms with Crippen molar-refractivity contribution < 1.29 is 10.2 Å². The van der Waals surface area contributed by atoms with E-state index in [-0.39, 0.29) is 12.4 Å². The van der Waals surface area contributed by atoms with Gasteiger partial charge in [-0.15, -0.1) is 0 Å². The number of aryl methyl sites for hydroxylation is 2. The summed E-state index contributed by atoms with van der Waals surface area (Å²) in [5, 5.41) is 19.9. The summed E-state index contributed by atoms with van der Waals surface area (Å²) in [5.74, 6) is 0.166. The normalized spacial score (nSPS) is 11.3. The Balaban J connectivity index is 2.41. The van der Waals surface area contributed by atoms with Crippen LogP contribution in [0.2, 0.25) is 0 Å². The SMILES string of the molecule is CCc1nc2ccccn2c1-c1cc(C)c(O)c(Br)c1CO. The van der Waals surface area contributed by atoms with Crippen molar-refractivity contribution in [3.05, 3.63) is 51.8 Å². The minimum absolute atomic E-state index is 0.160. The number of aromatic nitrogens is 2. The van der Waals surface area contributed by atoms with E-state index in [4.69, 9.17) is 0 Å². The topological polar surface area (TPSA) is 57.8 Å². The molecule has 2 N–H and O–H groups in total. The average molecular weight is 361 g/mol. The van der Waals surface area contributed by atoms with Crippen LogP contribution in [0.15, 0.2) is 34.9 Å². The second kappa shape index (κ2) is 5.74. The number of pyridine rings is 1. The Morgan fingerprint density at radius 3 is 2.77 bits per heavy atom. The molecule has 0 amide bonds. The highest BCUT2D eigenvalue weighted by atomic mass is 79.9. The number of nitrogens with zero attached hydrogens (tertiary/aromatic N) is 2. The van der Waals surface area contributed by atoms with Gasteiger partial charge in [0, 0.05) is 17.3 Å². The predicted molar refractivity (Wildman–Crippen MR) is 90.0 cm³/mol. The van der Waals surface area contributed by atoms with Crippen molar-refractivity contribution in [2.75, 3.05) is 0 Å². The summed E-state index contributed by atoms with van der Waals surface area (Å²) in [5.41, 5.74) is 5.12. The van der Waals surface area contributed by atoms with Gasteiger partial charge in [0.25, 0.3) is 0 Å². The largest absolute Gasteiger partial charge is 0.506 e. The number of halogens is 1. The maximum Gasteiger partial charge on any atom is 0.137 e. The molecule has 3 rings (SSSR count). The first-order valence-electron chi connectivity index (χ1n) is 7.16. The number of rotatable bonds is 3. The molecule has 5 heteroatoms. The van der Waals surface area contributed by atoms with Gasteiger partial charge in [-0.1, -0.05) is 13.0 Å². The molecular weight excluding hydrogens is 344 g/mol. The molecule has 0 spiro atoms. The molecule has 2 heterocycles. The number of aliphatic hydroxyl groups is 1. The number of hydrogen-bond acceptors (Lipinski definition) is 3. The lowest BCUT2D eigenvalue weighted by Gasteiger charge is -2.14. The highest BCUT2D eigenvalue weighted by Gasteiger charge is 2.20. The monoisotopic (exact) mass is 360 g/mol. The first-order chi connectivity index (χ1) is 10.6. The van der Waals surface area contributed by atoms with Crippen LogP contribution in [0.25, 0.3) is 16.9 Å². The number of imidazole rings is 1. The molecule has 0 aliphatic rings. The van der Waals surface area contributed by atoms with Gasteiger partial charge in [-0.2, -0.15) is 0 Å². The van der Waals surface area contributed by atoms with Gasteiger partial charge in [-0.25, -0.2) is 4.98 Å². The molecular formula is C17H17BrN2O2. The fraction of sp³-hybridized carbons (Fsp3) is 0.235. The number of benzene rings is 1. The summed E-state index contributed by atoms with van der Waals surface area (Å²) in [7, 11) is 0. The minimum Gasteiger partial charge on any atom is -0.506 e. The van der Waals surface area contributed by atoms with Crippen LogP contribution in [-0.4, -0.2) is 19.6 Å². The fourth-order valence-electron chi connectivity index (χ4n) is 2.75. The van der Waals surface area contributed by atoms with E-state index in [0.29, 0.717) is 10.0 Å². The third-order valence-electron chi connectivity index (χ3n) is 3.88. The lowest BCUT2D eigenvalue weighted by Crippen LogP contribution is -1.98. The molecule has 22 heavy (non-hydrogen) atoms. The zero-order chi connectivity index (χ0) is 15.9. The third-order valence-corrected chi connectivity index (χ3v) is 4.74. The zero-order valence-corrected chi connectivity index (χ0v) is 14.1. The Morgan fingerprint density at radius 2 is 2.09 bits per heavy atom. The van der Waals surface area contributed by atoms with Gasteiger partial charge in [0.2, 0.25) is 0 Å². The standard InChI is InChI=1S/C17H17BrN2O2/c1-3-13-16(20-7-5-4-6-14(20)19-13)11-8-10(2)17(22)15(18)12(11)9-21/h4-8,21-22H,3,9H2,1-2H3. The van der Waals surface area contributed by atoms with Crippen LogP contribution in [0.1, 0.15) is 23.7 Å². The molecule has 0 radical (unpaired) electrons. The Hall–Kier alpha value is -1.85. The van der Waals surface area contributed by atoms with Crippen molar-refractivity contribution in [3.8, 4) is 17.0 Å². The second-order valence-electron chi connectivity index (χ2n) is 5.23. The van der Waals surface area contributed by atoms with Gasteiger partial charge in [0.15, 0.2) is 0 Å². The van der Waals surface area contributed by atoms with E-state index in [0.717, 1.165) is 34.6 Å². The Labute approximate surface area is 137 Å². The first kappa shape index (κ1) is 15.1. The molecule has 0 atom stereocenters. The number of fused-ring (bicyclic) bond motifs is 1. The molecule has 2 aromatic heterocycles. The molecule has 3 aromatic rings. The van der Waals surface area contributed by atoms with Gasteiger partial charge in [0.05, 0.1) is 22.5 Å². The van der Waals surface area contributed by atoms with E-state index < -0.39 is 0 Å². The molecule has 4 nitrogen and oxygen atoms in total. The molecule has 0 aliphatic heterocycles. The number of phenolic OH excluding ortho intramolecular Hbond substituents is 1. The van der Waals surface area contributed by atoms with Crippen molar-refractivity contribution in [2.24, 2.45) is 0 Å². The number of phenols is 1. The van der Waals surface area contributed by atoms with E-state index in [2.05, 4.69) is 27.8 Å². The summed E-state index contributed by atoms with van der Waals surface area (Å²) in [6, 6.07) is 7.78. The van der Waals surface area contributed by atoms with E-state index in [1.807, 2.05) is 41.8 Å². The molecule has 114 valence electrons. The minimum atomic E-state index is -0.160. The summed E-state index contributed by atoms with van der Waals surface area (Å²) in [6.07, 6.45) is 2.76. The summed E-state index contributed by atoms with van der Waals surface area (Å²) < 4.78 is 2.56. The smallest absolute Gasteiger partial charge is 0.137 e. The van der Waals surface area contributed by atoms with Crippen molar-refractivity contribution in [1.29, 1.82) is 0 Å². The molecule has 0 bridgehead atoms. The third kappa shape index (κ3) is 2.21. The van der Waals surface area contributed by atoms with Crippen molar-refractivity contribution in [2.45, 2.75) is 26.9 Å². The fourth-order valence-corrected chi connectivity index (χ4v) is 3.40. The van der Waals surface area contributed by atoms with Gasteiger partial charge in [-0.05, 0) is 53.0 Å². The maximum atomic E-state index is 10.1. The second-order valence-corrected chi connectivity index (χ2v) is 6.02. The molecule has 0 unspecified atom stereocenters. The Kier molecular flexibility index (Phi) is 3.93. The summed E-state index contributed by atoms with van der Waals surface area (Å²) in [4.78, 5) is 4.67. The summed E-state index contributed by atoms with van der Waals surface area (Å²) in [6.45, 7) is 3.75. The van der Waals surface area contributed by atoms with Crippen LogP contribution in [0.3, 0.4) is 0 Å². The van der Waals surface area contributed by atoms with Gasteiger partial charge < -0.3 is 10.2 Å². The van der Waals surface area contributed by atoms with Crippen molar-refractivity contribution >= 4 is 21.6 Å². The van der Waals surface area contributed by atoms with Gasteiger partial charge >= 0.3 is 0 Å². The molecule has 0 fully saturated rings. The maximum absolute atomic E-state index is 10.1. The quantitative estimate of drug-likeness (QED) is 0.746. The molecule has 1 aromatic carbocycles. The molecule has 0 saturated heterocycles. The molecule has 0 aliphatic carbocycles. The van der Waals surface area contributed by atoms with Crippen LogP contribution in [0.4, 0.5) is 0 Å². The number of aliphatic hydroxyl groups excluding tert-OH is 1. The van der Waals surface area contributed by atoms with Crippen LogP contribution in [-0.2, 0) is 13.0 Å². The number of aromatic hydroxyl groups is 1. The lowest BCUT2D eigenvalue weighted by molar-refractivity contribution is 0.280. The highest BCUT2D eigenvalue weighted by Crippen LogP contribution is 2.39. The van der Waals surface area contributed by atoms with Gasteiger partial charge in [0.1, 0.15) is 11.4 Å². The Morgan fingerprint density at radius 1 is 1.32 bits per heavy atom. The van der Waals surface area contributed by atoms with E-state index in [9.17, 15) is 10.2 Å². The van der Waals surface area contributed by atoms with Crippen LogP contribution < -0.4 is 0 Å². The average Bonchev–Trinajstić information content (AvgIpc) is 2.90. The van der Waals surface area contributed by atoms with Gasteiger partial charge in [-0.3, -0.25) is 4.40 Å².